The first kappa shape index (κ1) is 9.78. The van der Waals surface area contributed by atoms with Gasteiger partial charge in [-0.1, -0.05) is 29.3 Å². The molecular formula is C19H22Cl2N6O2. The minimum absolute atomic E-state index is 0.0237. The Bertz CT molecular complexity index is 1580. The van der Waals surface area contributed by atoms with Gasteiger partial charge in [0.1, 0.15) is 1.37 Å². The number of anilines is 1. The lowest BCUT2D eigenvalue weighted by atomic mass is 10.2. The molecule has 10 heteroatoms. The maximum atomic E-state index is 13.1. The van der Waals surface area contributed by atoms with Crippen molar-refractivity contribution in [2.75, 3.05) is 31.4 Å². The first-order valence-corrected chi connectivity index (χ1v) is 8.84. The lowest BCUT2D eigenvalue weighted by Crippen LogP contribution is -2.42. The number of hydrogen-bond donors (Lipinski definition) is 2. The Kier molecular flexibility index (Phi) is 2.94. The van der Waals surface area contributed by atoms with E-state index in [2.05, 4.69) is 25.0 Å². The van der Waals surface area contributed by atoms with Crippen LogP contribution in [-0.2, 0) is 17.8 Å². The van der Waals surface area contributed by atoms with E-state index in [9.17, 15) is 4.79 Å². The zero-order valence-electron chi connectivity index (χ0n) is 27.7. The molecule has 0 amide bonds. The summed E-state index contributed by atoms with van der Waals surface area (Å²) in [5.41, 5.74) is -1.94. The second kappa shape index (κ2) is 8.71. The lowest BCUT2D eigenvalue weighted by molar-refractivity contribution is -0.0190. The predicted molar refractivity (Wildman–Crippen MR) is 114 cm³/mol. The van der Waals surface area contributed by atoms with Crippen molar-refractivity contribution in [3.63, 3.8) is 0 Å². The number of nitrogens with one attached hydrogen (secondary N) is 2. The Hall–Kier alpha value is -2.13. The average molecular weight is 450 g/mol. The van der Waals surface area contributed by atoms with Gasteiger partial charge in [0.15, 0.2) is 11.2 Å². The zero-order valence-corrected chi connectivity index (χ0v) is 16.2. The van der Waals surface area contributed by atoms with Gasteiger partial charge in [-0.15, -0.1) is 0 Å². The number of aromatic amines is 1. The molecule has 3 aromatic rings. The van der Waals surface area contributed by atoms with Crippen LogP contribution < -0.4 is 10.9 Å². The van der Waals surface area contributed by atoms with Gasteiger partial charge in [-0.25, -0.2) is 4.98 Å². The van der Waals surface area contributed by atoms with Gasteiger partial charge in [0, 0.05) is 40.8 Å². The number of halogens is 2. The quantitative estimate of drug-likeness (QED) is 0.601. The highest BCUT2D eigenvalue weighted by atomic mass is 35.5. The Morgan fingerprint density at radius 2 is 2.38 bits per heavy atom. The molecule has 8 nitrogen and oxygen atoms in total. The standard InChI is InChI=1S/C19H22Cl2N6O2/c1-12-10-26(6-7-29-12)4-5-27-11-23-17-16(27)18(28)25-19(24-17)22-9-13-2-3-14(20)15(21)8-13/h2-3,8,11-12H,4-7,9-10H2,1H3,(H2,22,24,25,28)/i3D,4D2,5D2,6D2,7D2,10D2,11D,12D. The molecule has 0 saturated carbocycles. The van der Waals surface area contributed by atoms with Crippen LogP contribution in [0.3, 0.4) is 0 Å². The summed E-state index contributed by atoms with van der Waals surface area (Å²) in [5.74, 6) is -0.211. The van der Waals surface area contributed by atoms with Crippen LogP contribution in [0.1, 0.15) is 30.3 Å². The molecule has 1 atom stereocenters. The SMILES string of the molecule is [2H]c1cc(CNc2nc3nc([2H])n(C([2H])([2H])C([2H])([2H])N4C([2H])([2H])C([2H])([2H])OC([2H])(C)C4([2H])[2H])c3c(=O)[nH]2)cc(Cl)c1Cl. The highest BCUT2D eigenvalue weighted by Crippen LogP contribution is 2.22. The van der Waals surface area contributed by atoms with E-state index in [1.165, 1.54) is 12.1 Å². The summed E-state index contributed by atoms with van der Waals surface area (Å²) in [6.45, 7) is -17.6. The summed E-state index contributed by atoms with van der Waals surface area (Å²) >= 11 is 11.9. The van der Waals surface area contributed by atoms with E-state index >= 15 is 0 Å². The summed E-state index contributed by atoms with van der Waals surface area (Å²) in [4.78, 5) is 22.7. The number of ether oxygens (including phenoxy) is 1. The fourth-order valence-electron chi connectivity index (χ4n) is 2.34. The molecule has 0 radical (unpaired) electrons. The molecule has 4 rings (SSSR count). The second-order valence-corrected chi connectivity index (χ2v) is 6.49. The number of hydrogen-bond acceptors (Lipinski definition) is 6. The van der Waals surface area contributed by atoms with Crippen molar-refractivity contribution in [2.24, 2.45) is 0 Å². The van der Waals surface area contributed by atoms with Gasteiger partial charge in [0.2, 0.25) is 5.95 Å². The van der Waals surface area contributed by atoms with Gasteiger partial charge in [-0.05, 0) is 24.6 Å². The van der Waals surface area contributed by atoms with E-state index in [0.717, 1.165) is 0 Å². The van der Waals surface area contributed by atoms with E-state index in [1.807, 2.05) is 0 Å². The number of morpholine rings is 1. The van der Waals surface area contributed by atoms with Gasteiger partial charge in [-0.2, -0.15) is 4.98 Å². The molecule has 0 aliphatic carbocycles. The van der Waals surface area contributed by atoms with Crippen LogP contribution in [0.4, 0.5) is 5.95 Å². The maximum Gasteiger partial charge on any atom is 0.278 e. The Labute approximate surface area is 196 Å². The molecule has 154 valence electrons. The number of imidazole rings is 1. The number of fused-ring (bicyclic) bond motifs is 1. The Balaban J connectivity index is 1.80. The van der Waals surface area contributed by atoms with E-state index in [1.54, 1.807) is 0 Å². The largest absolute Gasteiger partial charge is 0.376 e. The van der Waals surface area contributed by atoms with Crippen LogP contribution in [0.15, 0.2) is 29.3 Å². The number of rotatable bonds is 6. The highest BCUT2D eigenvalue weighted by Gasteiger charge is 2.17. The minimum Gasteiger partial charge on any atom is -0.376 e. The molecule has 0 bridgehead atoms. The first-order chi connectivity index (χ1) is 18.9. The molecule has 29 heavy (non-hydrogen) atoms. The molecule has 2 N–H and O–H groups in total. The van der Waals surface area contributed by atoms with E-state index in [0.29, 0.717) is 12.5 Å². The normalized spacial score (nSPS) is 33.0. The van der Waals surface area contributed by atoms with Crippen LogP contribution in [0.25, 0.3) is 11.2 Å². The second-order valence-electron chi connectivity index (χ2n) is 5.70. The molecular weight excluding hydrogens is 415 g/mol. The van der Waals surface area contributed by atoms with Gasteiger partial charge in [-0.3, -0.25) is 14.7 Å². The molecule has 3 heterocycles. The van der Waals surface area contributed by atoms with Crippen LogP contribution in [0.2, 0.25) is 10.0 Å². The number of aryl methyl sites for hydroxylation is 1. The molecule has 1 aliphatic rings. The van der Waals surface area contributed by atoms with E-state index in [4.69, 9.17) is 41.0 Å². The molecule has 1 saturated heterocycles. The zero-order chi connectivity index (χ0) is 32.0. The van der Waals surface area contributed by atoms with E-state index < -0.39 is 66.6 Å². The Morgan fingerprint density at radius 1 is 1.52 bits per heavy atom. The minimum atomic E-state index is -3.89. The van der Waals surface area contributed by atoms with Crippen LogP contribution in [0, 0.1) is 0 Å². The Morgan fingerprint density at radius 3 is 3.21 bits per heavy atom. The van der Waals surface area contributed by atoms with Gasteiger partial charge in [0.05, 0.1) is 37.2 Å². The maximum absolute atomic E-state index is 13.1. The summed E-state index contributed by atoms with van der Waals surface area (Å²) in [7, 11) is 0. The van der Waals surface area contributed by atoms with Crippen molar-refractivity contribution in [2.45, 2.75) is 26.0 Å². The van der Waals surface area contributed by atoms with Crippen molar-refractivity contribution in [1.82, 2.24) is 24.4 Å². The summed E-state index contributed by atoms with van der Waals surface area (Å²) < 4.78 is 112. The summed E-state index contributed by atoms with van der Waals surface area (Å²) in [5, 5.41) is 2.89. The van der Waals surface area contributed by atoms with Crippen molar-refractivity contribution >= 4 is 40.3 Å². The van der Waals surface area contributed by atoms with Gasteiger partial charge >= 0.3 is 0 Å². The van der Waals surface area contributed by atoms with Crippen LogP contribution in [-0.4, -0.2) is 56.5 Å². The predicted octanol–water partition coefficient (Wildman–Crippen LogP) is 2.76. The van der Waals surface area contributed by atoms with E-state index in [-0.39, 0.29) is 33.1 Å². The fraction of sp³-hybridized carbons (Fsp3) is 0.421. The molecule has 1 aromatic carbocycles. The average Bonchev–Trinajstić information content (AvgIpc) is 3.15. The third-order valence-electron chi connectivity index (χ3n) is 3.63. The van der Waals surface area contributed by atoms with Gasteiger partial charge in [0.25, 0.3) is 5.56 Å². The molecule has 1 aliphatic heterocycles. The number of aromatic nitrogens is 4. The van der Waals surface area contributed by atoms with Gasteiger partial charge < -0.3 is 14.6 Å². The summed E-state index contributed by atoms with van der Waals surface area (Å²) in [6.07, 6.45) is -4.00. The number of nitrogens with zero attached hydrogens (tertiary/aromatic N) is 4. The number of benzene rings is 1. The van der Waals surface area contributed by atoms with Crippen LogP contribution in [0.5, 0.6) is 0 Å². The smallest absolute Gasteiger partial charge is 0.278 e. The van der Waals surface area contributed by atoms with Crippen LogP contribution >= 0.6 is 23.2 Å². The number of H-pyrrole nitrogens is 1. The third kappa shape index (κ3) is 4.72. The molecule has 1 fully saturated rings. The monoisotopic (exact) mass is 449 g/mol. The summed E-state index contributed by atoms with van der Waals surface area (Å²) in [6, 6.07) is 2.81. The molecule has 1 unspecified atom stereocenters. The van der Waals surface area contributed by atoms with Crippen molar-refractivity contribution in [1.29, 1.82) is 0 Å². The lowest BCUT2D eigenvalue weighted by Gasteiger charge is -2.31. The van der Waals surface area contributed by atoms with Crippen molar-refractivity contribution < 1.29 is 22.6 Å². The molecule has 0 spiro atoms. The van der Waals surface area contributed by atoms with Crippen molar-refractivity contribution in [3.05, 3.63) is 50.4 Å². The van der Waals surface area contributed by atoms with Crippen molar-refractivity contribution in [3.8, 4) is 0 Å². The highest BCUT2D eigenvalue weighted by molar-refractivity contribution is 6.42. The first-order valence-electron chi connectivity index (χ1n) is 14.6. The molecule has 2 aromatic heterocycles. The topological polar surface area (TPSA) is 88.1 Å². The fourth-order valence-corrected chi connectivity index (χ4v) is 2.64. The third-order valence-corrected chi connectivity index (χ3v) is 4.33.